The van der Waals surface area contributed by atoms with Crippen molar-refractivity contribution in [2.75, 3.05) is 98.8 Å². The van der Waals surface area contributed by atoms with E-state index in [1.807, 2.05) is 0 Å². The summed E-state index contributed by atoms with van der Waals surface area (Å²) >= 11 is 0. The van der Waals surface area contributed by atoms with Gasteiger partial charge in [0, 0.05) is 0 Å². The molecule has 0 rings (SSSR count). The lowest BCUT2D eigenvalue weighted by molar-refractivity contribution is -0.157. The van der Waals surface area contributed by atoms with Crippen molar-refractivity contribution in [3.05, 3.63) is 0 Å². The lowest BCUT2D eigenvalue weighted by Crippen LogP contribution is -2.25. The Kier molecular flexibility index (Phi) is 27.7. The molecule has 0 aliphatic carbocycles. The van der Waals surface area contributed by atoms with E-state index in [2.05, 4.69) is 4.18 Å². The van der Waals surface area contributed by atoms with Crippen LogP contribution in [0.1, 0.15) is 27.7 Å². The Balaban J connectivity index is 0. The van der Waals surface area contributed by atoms with E-state index in [0.717, 1.165) is 6.26 Å². The number of rotatable bonds is 24. The summed E-state index contributed by atoms with van der Waals surface area (Å²) in [4.78, 5) is 22.4. The molecule has 0 heterocycles. The normalized spacial score (nSPS) is 12.8. The molecule has 1 N–H and O–H groups in total. The van der Waals surface area contributed by atoms with Crippen LogP contribution in [0.25, 0.3) is 0 Å². The minimum Gasteiger partial charge on any atom is -0.464 e. The highest BCUT2D eigenvalue weighted by Gasteiger charge is 2.14. The zero-order valence-corrected chi connectivity index (χ0v) is 24.0. The third kappa shape index (κ3) is 29.1. The number of hydrogen-bond donors (Lipinski definition) is 1. The number of carbonyl (C=O) groups excluding carboxylic acids is 2. The fourth-order valence-electron chi connectivity index (χ4n) is 2.18. The minimum absolute atomic E-state index is 0.0141. The van der Waals surface area contributed by atoms with E-state index in [0.29, 0.717) is 66.1 Å². The molecule has 0 saturated carbocycles. The summed E-state index contributed by atoms with van der Waals surface area (Å²) in [6.45, 7) is 10.8. The molecular weight excluding hydrogens is 532 g/mol. The molecule has 0 aromatic heterocycles. The van der Waals surface area contributed by atoms with Crippen molar-refractivity contribution in [3.63, 3.8) is 0 Å². The maximum Gasteiger partial charge on any atom is 0.334 e. The van der Waals surface area contributed by atoms with Gasteiger partial charge in [-0.1, -0.05) is 0 Å². The zero-order valence-electron chi connectivity index (χ0n) is 23.2. The summed E-state index contributed by atoms with van der Waals surface area (Å²) in [6, 6.07) is 0. The quantitative estimate of drug-likeness (QED) is 0.0917. The molecule has 0 aliphatic heterocycles. The van der Waals surface area contributed by atoms with Crippen LogP contribution in [0.15, 0.2) is 0 Å². The van der Waals surface area contributed by atoms with Crippen molar-refractivity contribution in [1.82, 2.24) is 0 Å². The molecule has 0 amide bonds. The predicted molar refractivity (Wildman–Crippen MR) is 135 cm³/mol. The molecule has 0 aromatic carbocycles. The SMILES string of the molecule is CCOC(=O)[C@H](C)OCCOCCOCCO.CCOC(=O)[C@H](C)OCCOCCOCCOS(C)(=O)=O. The van der Waals surface area contributed by atoms with Crippen molar-refractivity contribution in [2.45, 2.75) is 39.9 Å². The van der Waals surface area contributed by atoms with Crippen molar-refractivity contribution >= 4 is 22.1 Å². The monoisotopic (exact) mass is 578 g/mol. The first-order valence-corrected chi connectivity index (χ1v) is 14.2. The van der Waals surface area contributed by atoms with Gasteiger partial charge in [-0.15, -0.1) is 0 Å². The van der Waals surface area contributed by atoms with Crippen molar-refractivity contribution in [3.8, 4) is 0 Å². The van der Waals surface area contributed by atoms with Gasteiger partial charge in [-0.3, -0.25) is 4.18 Å². The van der Waals surface area contributed by atoms with Crippen LogP contribution >= 0.6 is 0 Å². The first-order chi connectivity index (χ1) is 18.1. The molecule has 0 aliphatic rings. The number of aliphatic hydroxyl groups excluding tert-OH is 1. The van der Waals surface area contributed by atoms with Crippen LogP contribution in [0.4, 0.5) is 0 Å². The van der Waals surface area contributed by atoms with E-state index in [9.17, 15) is 18.0 Å². The van der Waals surface area contributed by atoms with Gasteiger partial charge in [0.05, 0.1) is 98.8 Å². The molecule has 0 unspecified atom stereocenters. The smallest absolute Gasteiger partial charge is 0.334 e. The molecule has 0 aromatic rings. The van der Waals surface area contributed by atoms with Gasteiger partial charge < -0.3 is 43.0 Å². The second-order valence-corrected chi connectivity index (χ2v) is 8.87. The summed E-state index contributed by atoms with van der Waals surface area (Å²) in [5.74, 6) is -0.759. The van der Waals surface area contributed by atoms with Crippen LogP contribution in [0.3, 0.4) is 0 Å². The maximum atomic E-state index is 11.2. The molecule has 15 heteroatoms. The highest BCUT2D eigenvalue weighted by Crippen LogP contribution is 1.96. The second kappa shape index (κ2) is 27.1. The number of hydrogen-bond acceptors (Lipinski definition) is 14. The molecule has 0 bridgehead atoms. The summed E-state index contributed by atoms with van der Waals surface area (Å²) < 4.78 is 66.2. The Morgan fingerprint density at radius 2 is 0.974 bits per heavy atom. The van der Waals surface area contributed by atoms with E-state index >= 15 is 0 Å². The molecule has 38 heavy (non-hydrogen) atoms. The van der Waals surface area contributed by atoms with Gasteiger partial charge in [0.15, 0.2) is 12.2 Å². The number of esters is 2. The molecule has 0 spiro atoms. The predicted octanol–water partition coefficient (Wildman–Crippen LogP) is -0.0559. The minimum atomic E-state index is -3.41. The van der Waals surface area contributed by atoms with Crippen molar-refractivity contribution in [2.24, 2.45) is 0 Å². The number of aliphatic hydroxyl groups is 1. The highest BCUT2D eigenvalue weighted by atomic mass is 32.2. The fourth-order valence-corrected chi connectivity index (χ4v) is 2.55. The van der Waals surface area contributed by atoms with Crippen molar-refractivity contribution in [1.29, 1.82) is 0 Å². The first-order valence-electron chi connectivity index (χ1n) is 12.4. The average Bonchev–Trinajstić information content (AvgIpc) is 2.86. The summed E-state index contributed by atoms with van der Waals surface area (Å²) in [7, 11) is -3.41. The highest BCUT2D eigenvalue weighted by molar-refractivity contribution is 7.85. The van der Waals surface area contributed by atoms with Crippen LogP contribution in [0.5, 0.6) is 0 Å². The van der Waals surface area contributed by atoms with Crippen LogP contribution < -0.4 is 0 Å². The van der Waals surface area contributed by atoms with Gasteiger partial charge in [-0.05, 0) is 27.7 Å². The van der Waals surface area contributed by atoms with Gasteiger partial charge in [-0.25, -0.2) is 9.59 Å². The van der Waals surface area contributed by atoms with Gasteiger partial charge in [0.2, 0.25) is 0 Å². The third-order valence-electron chi connectivity index (χ3n) is 3.93. The summed E-state index contributed by atoms with van der Waals surface area (Å²) in [5, 5.41) is 8.43. The molecule has 2 atom stereocenters. The Morgan fingerprint density at radius 1 is 0.632 bits per heavy atom. The first kappa shape index (κ1) is 38.7. The maximum absolute atomic E-state index is 11.2. The molecular formula is C23H46O14S. The van der Waals surface area contributed by atoms with Gasteiger partial charge in [0.25, 0.3) is 10.1 Å². The van der Waals surface area contributed by atoms with Gasteiger partial charge >= 0.3 is 11.9 Å². The Labute approximate surface area is 226 Å². The number of carbonyl (C=O) groups is 2. The summed E-state index contributed by atoms with van der Waals surface area (Å²) in [6.07, 6.45) is -0.199. The van der Waals surface area contributed by atoms with Crippen molar-refractivity contribution < 1.29 is 65.2 Å². The van der Waals surface area contributed by atoms with Crippen LogP contribution in [0, 0.1) is 0 Å². The molecule has 0 saturated heterocycles. The Morgan fingerprint density at radius 3 is 1.32 bits per heavy atom. The molecule has 0 fully saturated rings. The fraction of sp³-hybridized carbons (Fsp3) is 0.913. The van der Waals surface area contributed by atoms with E-state index < -0.39 is 28.3 Å². The van der Waals surface area contributed by atoms with Crippen LogP contribution in [-0.4, -0.2) is 136 Å². The van der Waals surface area contributed by atoms with Crippen LogP contribution in [0.2, 0.25) is 0 Å². The summed E-state index contributed by atoms with van der Waals surface area (Å²) in [5.41, 5.74) is 0. The van der Waals surface area contributed by atoms with E-state index in [-0.39, 0.29) is 32.4 Å². The topological polar surface area (TPSA) is 172 Å². The lowest BCUT2D eigenvalue weighted by atomic mass is 10.4. The standard InChI is InChI=1S/C12H24O8S.C11H22O6/c1-4-18-12(13)11(2)19-9-7-16-5-6-17-8-10-20-21(3,14)15;1-3-16-11(13)10(2)17-9-8-15-7-6-14-5-4-12/h11H,4-10H2,1-3H3;10,12H,3-9H2,1-2H3/t11-;10-/m00/s1. The molecule has 228 valence electrons. The Hall–Kier alpha value is -1.43. The van der Waals surface area contributed by atoms with Crippen LogP contribution in [-0.2, 0) is 61.8 Å². The van der Waals surface area contributed by atoms with E-state index in [1.54, 1.807) is 27.7 Å². The zero-order chi connectivity index (χ0) is 29.1. The number of ether oxygens (including phenoxy) is 8. The Bertz CT molecular complexity index is 659. The second-order valence-electron chi connectivity index (χ2n) is 7.23. The van der Waals surface area contributed by atoms with Gasteiger partial charge in [-0.2, -0.15) is 8.42 Å². The third-order valence-corrected chi connectivity index (χ3v) is 4.53. The molecule has 0 radical (unpaired) electrons. The van der Waals surface area contributed by atoms with E-state index in [4.69, 9.17) is 43.0 Å². The average molecular weight is 579 g/mol. The van der Waals surface area contributed by atoms with E-state index in [1.165, 1.54) is 0 Å². The molecule has 14 nitrogen and oxygen atoms in total. The largest absolute Gasteiger partial charge is 0.464 e. The van der Waals surface area contributed by atoms with Gasteiger partial charge in [0.1, 0.15) is 0 Å². The lowest BCUT2D eigenvalue weighted by Gasteiger charge is -2.11.